The Kier molecular flexibility index (Phi) is 4.66. The summed E-state index contributed by atoms with van der Waals surface area (Å²) in [5.74, 6) is -0.318. The number of ketones is 1. The number of sulfonamides is 1. The number of nitrogens with zero attached hydrogens (tertiary/aromatic N) is 1. The second-order valence-corrected chi connectivity index (χ2v) is 9.30. The predicted octanol–water partition coefficient (Wildman–Crippen LogP) is 4.79. The van der Waals surface area contributed by atoms with Crippen molar-refractivity contribution in [1.82, 2.24) is 0 Å². The molecule has 0 spiro atoms. The number of hydrogen-bond donors (Lipinski definition) is 1. The molecule has 0 radical (unpaired) electrons. The quantitative estimate of drug-likeness (QED) is 0.636. The third-order valence-electron chi connectivity index (χ3n) is 5.57. The summed E-state index contributed by atoms with van der Waals surface area (Å²) in [4.78, 5) is 13.0. The second-order valence-electron chi connectivity index (χ2n) is 7.48. The van der Waals surface area contributed by atoms with Gasteiger partial charge in [0, 0.05) is 17.7 Å². The average Bonchev–Trinajstić information content (AvgIpc) is 3.23. The number of Topliss-reactive ketones (excluding diaryl/α,β-unsaturated/α-hetero) is 1. The Morgan fingerprint density at radius 3 is 2.52 bits per heavy atom. The first-order chi connectivity index (χ1) is 15.0. The van der Waals surface area contributed by atoms with Crippen LogP contribution >= 0.6 is 0 Å². The maximum atomic E-state index is 13.9. The number of carbonyl (C=O) groups is 1. The lowest BCUT2D eigenvalue weighted by atomic mass is 9.89. The van der Waals surface area contributed by atoms with E-state index in [1.807, 2.05) is 0 Å². The number of benzene rings is 2. The molecule has 6 nitrogen and oxygen atoms in total. The Hall–Kier alpha value is -3.39. The van der Waals surface area contributed by atoms with Gasteiger partial charge in [-0.05, 0) is 61.4 Å². The zero-order valence-electron chi connectivity index (χ0n) is 16.4. The van der Waals surface area contributed by atoms with E-state index in [0.29, 0.717) is 47.7 Å². The molecule has 2 aliphatic rings. The highest BCUT2D eigenvalue weighted by Gasteiger charge is 2.43. The molecule has 1 aliphatic heterocycles. The number of halogens is 1. The number of carbonyl (C=O) groups excluding carboxylic acids is 1. The van der Waals surface area contributed by atoms with Gasteiger partial charge in [-0.25, -0.2) is 17.1 Å². The number of rotatable bonds is 3. The van der Waals surface area contributed by atoms with E-state index in [-0.39, 0.29) is 10.7 Å². The monoisotopic (exact) mass is 438 g/mol. The standard InChI is InChI=1S/C23H19FN2O4S/c24-15-10-12-16(13-11-15)31(28,29)26-19-7-2-1-5-17(19)25-18-6-3-8-20(27)22(18)23(26)21-9-4-14-30-21/h1-2,4-5,7,9-14,23,25H,3,6,8H2/t23-/m1/s1. The van der Waals surface area contributed by atoms with Crippen molar-refractivity contribution >= 4 is 27.2 Å². The van der Waals surface area contributed by atoms with Crippen molar-refractivity contribution in [1.29, 1.82) is 0 Å². The molecule has 0 saturated heterocycles. The van der Waals surface area contributed by atoms with Gasteiger partial charge in [-0.3, -0.25) is 4.79 Å². The second kappa shape index (κ2) is 7.39. The molecule has 1 aromatic heterocycles. The highest BCUT2D eigenvalue weighted by molar-refractivity contribution is 7.92. The molecule has 1 atom stereocenters. The Bertz CT molecular complexity index is 1280. The number of fused-ring (bicyclic) bond motifs is 1. The summed E-state index contributed by atoms with van der Waals surface area (Å²) in [6.07, 6.45) is 3.09. The molecule has 31 heavy (non-hydrogen) atoms. The summed E-state index contributed by atoms with van der Waals surface area (Å²) >= 11 is 0. The first kappa shape index (κ1) is 19.6. The number of anilines is 2. The summed E-state index contributed by atoms with van der Waals surface area (Å²) in [5.41, 5.74) is 2.03. The molecule has 0 amide bonds. The summed E-state index contributed by atoms with van der Waals surface area (Å²) in [5, 5.41) is 3.30. The molecule has 2 heterocycles. The number of furan rings is 1. The number of nitrogens with one attached hydrogen (secondary N) is 1. The number of para-hydroxylation sites is 2. The smallest absolute Gasteiger partial charge is 0.265 e. The van der Waals surface area contributed by atoms with Crippen molar-refractivity contribution in [3.05, 3.63) is 89.8 Å². The number of hydrogen-bond acceptors (Lipinski definition) is 5. The fraction of sp³-hybridized carbons (Fsp3) is 0.174. The molecule has 8 heteroatoms. The van der Waals surface area contributed by atoms with E-state index in [0.717, 1.165) is 12.1 Å². The molecule has 1 N–H and O–H groups in total. The van der Waals surface area contributed by atoms with Crippen LogP contribution in [0.2, 0.25) is 0 Å². The SMILES string of the molecule is O=C1CCCC2=C1[C@@H](c1ccco1)N(S(=O)(=O)c1ccc(F)cc1)c1ccccc1N2. The minimum Gasteiger partial charge on any atom is -0.467 e. The lowest BCUT2D eigenvalue weighted by molar-refractivity contribution is -0.116. The first-order valence-corrected chi connectivity index (χ1v) is 11.4. The fourth-order valence-electron chi connectivity index (χ4n) is 4.19. The first-order valence-electron chi connectivity index (χ1n) is 9.92. The predicted molar refractivity (Wildman–Crippen MR) is 113 cm³/mol. The maximum Gasteiger partial charge on any atom is 0.265 e. The topological polar surface area (TPSA) is 79.6 Å². The van der Waals surface area contributed by atoms with Crippen molar-refractivity contribution in [2.75, 3.05) is 9.62 Å². The minimum absolute atomic E-state index is 0.0763. The van der Waals surface area contributed by atoms with Gasteiger partial charge >= 0.3 is 0 Å². The van der Waals surface area contributed by atoms with Crippen LogP contribution in [0.1, 0.15) is 31.1 Å². The third kappa shape index (κ3) is 3.23. The van der Waals surface area contributed by atoms with Gasteiger partial charge in [-0.1, -0.05) is 12.1 Å². The van der Waals surface area contributed by atoms with E-state index in [1.54, 1.807) is 36.4 Å². The molecular weight excluding hydrogens is 419 g/mol. The van der Waals surface area contributed by atoms with Crippen LogP contribution in [0.15, 0.2) is 87.5 Å². The third-order valence-corrected chi connectivity index (χ3v) is 7.37. The molecule has 2 aromatic carbocycles. The molecule has 3 aromatic rings. The van der Waals surface area contributed by atoms with Crippen LogP contribution in [0.25, 0.3) is 0 Å². The van der Waals surface area contributed by atoms with Crippen LogP contribution in [-0.2, 0) is 14.8 Å². The normalized spacial score (nSPS) is 18.8. The average molecular weight is 438 g/mol. The Balaban J connectivity index is 1.82. The molecule has 0 saturated carbocycles. The minimum atomic E-state index is -4.18. The Morgan fingerprint density at radius 2 is 1.77 bits per heavy atom. The van der Waals surface area contributed by atoms with E-state index in [2.05, 4.69) is 5.32 Å². The Morgan fingerprint density at radius 1 is 1.00 bits per heavy atom. The maximum absolute atomic E-state index is 13.9. The van der Waals surface area contributed by atoms with Crippen LogP contribution in [0.5, 0.6) is 0 Å². The van der Waals surface area contributed by atoms with Gasteiger partial charge in [0.15, 0.2) is 5.78 Å². The van der Waals surface area contributed by atoms with Crippen molar-refractivity contribution in [3.8, 4) is 0 Å². The summed E-state index contributed by atoms with van der Waals surface area (Å²) in [6.45, 7) is 0. The van der Waals surface area contributed by atoms with Crippen molar-refractivity contribution in [2.24, 2.45) is 0 Å². The van der Waals surface area contributed by atoms with E-state index < -0.39 is 21.9 Å². The zero-order valence-corrected chi connectivity index (χ0v) is 17.2. The van der Waals surface area contributed by atoms with Crippen LogP contribution in [-0.4, -0.2) is 14.2 Å². The highest BCUT2D eigenvalue weighted by atomic mass is 32.2. The van der Waals surface area contributed by atoms with E-state index in [9.17, 15) is 17.6 Å². The van der Waals surface area contributed by atoms with Crippen LogP contribution in [0.3, 0.4) is 0 Å². The van der Waals surface area contributed by atoms with Gasteiger partial charge < -0.3 is 9.73 Å². The van der Waals surface area contributed by atoms with Gasteiger partial charge in [0.1, 0.15) is 17.6 Å². The van der Waals surface area contributed by atoms with Crippen LogP contribution in [0, 0.1) is 5.82 Å². The van der Waals surface area contributed by atoms with Gasteiger partial charge in [-0.15, -0.1) is 0 Å². The molecule has 158 valence electrons. The van der Waals surface area contributed by atoms with Gasteiger partial charge in [0.05, 0.1) is 22.5 Å². The largest absolute Gasteiger partial charge is 0.467 e. The molecule has 5 rings (SSSR count). The van der Waals surface area contributed by atoms with E-state index in [1.165, 1.54) is 22.7 Å². The van der Waals surface area contributed by atoms with E-state index >= 15 is 0 Å². The Labute approximate surface area is 179 Å². The lowest BCUT2D eigenvalue weighted by Gasteiger charge is -2.33. The van der Waals surface area contributed by atoms with E-state index in [4.69, 9.17) is 4.42 Å². The van der Waals surface area contributed by atoms with Crippen molar-refractivity contribution < 1.29 is 22.0 Å². The molecule has 0 fully saturated rings. The van der Waals surface area contributed by atoms with Gasteiger partial charge in [0.2, 0.25) is 0 Å². The summed E-state index contributed by atoms with van der Waals surface area (Å²) < 4.78 is 48.2. The fourth-order valence-corrected chi connectivity index (χ4v) is 5.81. The van der Waals surface area contributed by atoms with Crippen molar-refractivity contribution in [3.63, 3.8) is 0 Å². The highest BCUT2D eigenvalue weighted by Crippen LogP contribution is 2.47. The molecular formula is C23H19FN2O4S. The molecule has 1 aliphatic carbocycles. The molecule has 0 bridgehead atoms. The van der Waals surface area contributed by atoms with Gasteiger partial charge in [0.25, 0.3) is 10.0 Å². The van der Waals surface area contributed by atoms with Crippen LogP contribution in [0.4, 0.5) is 15.8 Å². The van der Waals surface area contributed by atoms with Gasteiger partial charge in [-0.2, -0.15) is 0 Å². The lowest BCUT2D eigenvalue weighted by Crippen LogP contribution is -2.37. The number of allylic oxidation sites excluding steroid dienone is 1. The molecule has 0 unspecified atom stereocenters. The van der Waals surface area contributed by atoms with Crippen LogP contribution < -0.4 is 9.62 Å². The summed E-state index contributed by atoms with van der Waals surface area (Å²) in [6, 6.07) is 14.0. The van der Waals surface area contributed by atoms with Crippen molar-refractivity contribution in [2.45, 2.75) is 30.2 Å². The summed E-state index contributed by atoms with van der Waals surface area (Å²) in [7, 11) is -4.18. The zero-order chi connectivity index (χ0) is 21.6.